The summed E-state index contributed by atoms with van der Waals surface area (Å²) in [6.07, 6.45) is 2.63. The Morgan fingerprint density at radius 1 is 1.11 bits per heavy atom. The van der Waals surface area contributed by atoms with Crippen molar-refractivity contribution in [1.29, 1.82) is 0 Å². The lowest BCUT2D eigenvalue weighted by atomic mass is 10.1. The van der Waals surface area contributed by atoms with Crippen molar-refractivity contribution in [3.05, 3.63) is 64.1 Å². The third-order valence-corrected chi connectivity index (χ3v) is 6.00. The first-order valence-corrected chi connectivity index (χ1v) is 10.3. The predicted molar refractivity (Wildman–Crippen MR) is 119 cm³/mol. The SMILES string of the molecule is Cc1cccc(OCCCOc2cccc(C=C3SC(=S)N(C)C3=O)c2)c1C. The standard InChI is InChI=1S/C22H23NO3S2/c1-15-7-4-10-19(16(15)2)26-12-6-11-25-18-9-5-8-17(13-18)14-20-21(24)23(3)22(27)28-20/h4-5,7-10,13-14H,6,11-12H2,1-3H3. The highest BCUT2D eigenvalue weighted by Crippen LogP contribution is 2.31. The second-order valence-corrected chi connectivity index (χ2v) is 8.24. The summed E-state index contributed by atoms with van der Waals surface area (Å²) < 4.78 is 12.3. The number of carbonyl (C=O) groups is 1. The van der Waals surface area contributed by atoms with Crippen molar-refractivity contribution in [2.24, 2.45) is 0 Å². The number of thiocarbonyl (C=S) groups is 1. The number of aryl methyl sites for hydroxylation is 1. The van der Waals surface area contributed by atoms with Crippen molar-refractivity contribution in [2.45, 2.75) is 20.3 Å². The second kappa shape index (κ2) is 9.26. The van der Waals surface area contributed by atoms with E-state index in [4.69, 9.17) is 21.7 Å². The zero-order valence-corrected chi connectivity index (χ0v) is 17.9. The van der Waals surface area contributed by atoms with Crippen molar-refractivity contribution in [2.75, 3.05) is 20.3 Å². The van der Waals surface area contributed by atoms with Gasteiger partial charge in [0.15, 0.2) is 0 Å². The minimum Gasteiger partial charge on any atom is -0.493 e. The number of hydrogen-bond donors (Lipinski definition) is 0. The molecule has 1 saturated heterocycles. The van der Waals surface area contributed by atoms with Crippen LogP contribution < -0.4 is 9.47 Å². The summed E-state index contributed by atoms with van der Waals surface area (Å²) >= 11 is 6.48. The van der Waals surface area contributed by atoms with E-state index in [0.29, 0.717) is 22.4 Å². The highest BCUT2D eigenvalue weighted by Gasteiger charge is 2.28. The Kier molecular flexibility index (Phi) is 6.75. The average Bonchev–Trinajstić information content (AvgIpc) is 2.92. The first kappa shape index (κ1) is 20.4. The number of nitrogens with zero attached hydrogens (tertiary/aromatic N) is 1. The van der Waals surface area contributed by atoms with Crippen molar-refractivity contribution >= 4 is 40.3 Å². The number of thioether (sulfide) groups is 1. The van der Waals surface area contributed by atoms with E-state index in [9.17, 15) is 4.79 Å². The van der Waals surface area contributed by atoms with Crippen LogP contribution in [0.15, 0.2) is 47.4 Å². The molecule has 0 unspecified atom stereocenters. The third kappa shape index (κ3) is 4.94. The summed E-state index contributed by atoms with van der Waals surface area (Å²) in [4.78, 5) is 14.2. The highest BCUT2D eigenvalue weighted by molar-refractivity contribution is 8.26. The molecule has 0 radical (unpaired) electrons. The molecule has 4 nitrogen and oxygen atoms in total. The minimum absolute atomic E-state index is 0.0649. The van der Waals surface area contributed by atoms with Crippen LogP contribution in [-0.4, -0.2) is 35.4 Å². The van der Waals surface area contributed by atoms with Crippen LogP contribution >= 0.6 is 24.0 Å². The molecule has 3 rings (SSSR count). The molecule has 0 aromatic heterocycles. The average molecular weight is 414 g/mol. The predicted octanol–water partition coefficient (Wildman–Crippen LogP) is 4.98. The van der Waals surface area contributed by atoms with Crippen molar-refractivity contribution in [3.63, 3.8) is 0 Å². The molecular formula is C22H23NO3S2. The van der Waals surface area contributed by atoms with E-state index in [0.717, 1.165) is 23.5 Å². The molecule has 146 valence electrons. The number of likely N-dealkylation sites (N-methyl/N-ethyl adjacent to an activating group) is 1. The quantitative estimate of drug-likeness (QED) is 0.364. The molecule has 1 aliphatic heterocycles. The van der Waals surface area contributed by atoms with Gasteiger partial charge in [-0.3, -0.25) is 9.69 Å². The summed E-state index contributed by atoms with van der Waals surface area (Å²) in [6.45, 7) is 5.31. The van der Waals surface area contributed by atoms with Gasteiger partial charge in [-0.25, -0.2) is 0 Å². The van der Waals surface area contributed by atoms with E-state index in [1.807, 2.05) is 42.5 Å². The third-order valence-electron chi connectivity index (χ3n) is 4.51. The van der Waals surface area contributed by atoms with Gasteiger partial charge in [-0.05, 0) is 54.8 Å². The maximum absolute atomic E-state index is 12.1. The zero-order chi connectivity index (χ0) is 20.1. The van der Waals surface area contributed by atoms with Gasteiger partial charge in [0, 0.05) is 13.5 Å². The van der Waals surface area contributed by atoms with Crippen LogP contribution in [0.25, 0.3) is 6.08 Å². The second-order valence-electron chi connectivity index (χ2n) is 6.56. The van der Waals surface area contributed by atoms with Gasteiger partial charge in [-0.15, -0.1) is 0 Å². The van der Waals surface area contributed by atoms with Crippen molar-refractivity contribution in [3.8, 4) is 11.5 Å². The molecule has 2 aromatic rings. The van der Waals surface area contributed by atoms with Crippen LogP contribution in [-0.2, 0) is 4.79 Å². The summed E-state index contributed by atoms with van der Waals surface area (Å²) in [5.74, 6) is 1.63. The van der Waals surface area contributed by atoms with Crippen LogP contribution in [0.2, 0.25) is 0 Å². The van der Waals surface area contributed by atoms with Crippen LogP contribution in [0, 0.1) is 13.8 Å². The summed E-state index contributed by atoms with van der Waals surface area (Å²) in [7, 11) is 1.69. The zero-order valence-electron chi connectivity index (χ0n) is 16.2. The highest BCUT2D eigenvalue weighted by atomic mass is 32.2. The Morgan fingerprint density at radius 2 is 1.86 bits per heavy atom. The smallest absolute Gasteiger partial charge is 0.265 e. The summed E-state index contributed by atoms with van der Waals surface area (Å²) in [6, 6.07) is 13.8. The fourth-order valence-corrected chi connectivity index (χ4v) is 3.88. The summed E-state index contributed by atoms with van der Waals surface area (Å²) in [5.41, 5.74) is 3.32. The molecule has 28 heavy (non-hydrogen) atoms. The molecule has 0 atom stereocenters. The maximum atomic E-state index is 12.1. The Labute approximate surface area is 175 Å². The van der Waals surface area contributed by atoms with Crippen LogP contribution in [0.5, 0.6) is 11.5 Å². The van der Waals surface area contributed by atoms with E-state index in [-0.39, 0.29) is 5.91 Å². The van der Waals surface area contributed by atoms with Crippen molar-refractivity contribution in [1.82, 2.24) is 4.90 Å². The van der Waals surface area contributed by atoms with Gasteiger partial charge in [0.2, 0.25) is 0 Å². The Hall–Kier alpha value is -2.31. The minimum atomic E-state index is -0.0649. The van der Waals surface area contributed by atoms with E-state index >= 15 is 0 Å². The Bertz CT molecular complexity index is 924. The molecule has 0 saturated carbocycles. The van der Waals surface area contributed by atoms with Crippen LogP contribution in [0.3, 0.4) is 0 Å². The van der Waals surface area contributed by atoms with Crippen LogP contribution in [0.1, 0.15) is 23.1 Å². The molecule has 1 heterocycles. The molecule has 1 amide bonds. The van der Waals surface area contributed by atoms with Gasteiger partial charge in [0.1, 0.15) is 15.8 Å². The monoisotopic (exact) mass is 413 g/mol. The maximum Gasteiger partial charge on any atom is 0.265 e. The molecule has 0 N–H and O–H groups in total. The molecule has 1 fully saturated rings. The number of carbonyl (C=O) groups excluding carboxylic acids is 1. The lowest BCUT2D eigenvalue weighted by Gasteiger charge is -2.11. The molecule has 2 aromatic carbocycles. The number of rotatable bonds is 7. The molecule has 0 aliphatic carbocycles. The fourth-order valence-electron chi connectivity index (χ4n) is 2.70. The molecule has 1 aliphatic rings. The van der Waals surface area contributed by atoms with Gasteiger partial charge >= 0.3 is 0 Å². The van der Waals surface area contributed by atoms with Crippen LogP contribution in [0.4, 0.5) is 0 Å². The van der Waals surface area contributed by atoms with Gasteiger partial charge in [0.25, 0.3) is 5.91 Å². The normalized spacial score (nSPS) is 15.4. The topological polar surface area (TPSA) is 38.8 Å². The van der Waals surface area contributed by atoms with Crippen molar-refractivity contribution < 1.29 is 14.3 Å². The molecule has 6 heteroatoms. The fraction of sp³-hybridized carbons (Fsp3) is 0.273. The number of amides is 1. The first-order valence-electron chi connectivity index (χ1n) is 9.09. The lowest BCUT2D eigenvalue weighted by Crippen LogP contribution is -2.22. The summed E-state index contributed by atoms with van der Waals surface area (Å²) in [5, 5.41) is 0. The van der Waals surface area contributed by atoms with E-state index < -0.39 is 0 Å². The molecule has 0 bridgehead atoms. The molecule has 0 spiro atoms. The van der Waals surface area contributed by atoms with Gasteiger partial charge in [-0.2, -0.15) is 0 Å². The van der Waals surface area contributed by atoms with E-state index in [2.05, 4.69) is 19.9 Å². The van der Waals surface area contributed by atoms with E-state index in [1.165, 1.54) is 27.8 Å². The first-order chi connectivity index (χ1) is 13.5. The number of ether oxygens (including phenoxy) is 2. The van der Waals surface area contributed by atoms with Gasteiger partial charge < -0.3 is 9.47 Å². The Balaban J connectivity index is 1.51. The number of benzene rings is 2. The van der Waals surface area contributed by atoms with E-state index in [1.54, 1.807) is 7.05 Å². The van der Waals surface area contributed by atoms with Gasteiger partial charge in [0.05, 0.1) is 18.1 Å². The largest absolute Gasteiger partial charge is 0.493 e. The van der Waals surface area contributed by atoms with Gasteiger partial charge in [-0.1, -0.05) is 48.2 Å². The number of hydrogen-bond acceptors (Lipinski definition) is 5. The Morgan fingerprint density at radius 3 is 2.61 bits per heavy atom. The molecular weight excluding hydrogens is 390 g/mol. The lowest BCUT2D eigenvalue weighted by molar-refractivity contribution is -0.121.